The molecule has 26 heavy (non-hydrogen) atoms. The van der Waals surface area contributed by atoms with Crippen LogP contribution in [0.3, 0.4) is 0 Å². The van der Waals surface area contributed by atoms with Crippen LogP contribution in [0.25, 0.3) is 0 Å². The predicted octanol–water partition coefficient (Wildman–Crippen LogP) is 2.24. The molecular weight excluding hydrogens is 330 g/mol. The highest BCUT2D eigenvalue weighted by atomic mass is 16.2. The minimum Gasteiger partial charge on any atom is -0.321 e. The minimum atomic E-state index is -0.117. The molecule has 7 heteroatoms. The summed E-state index contributed by atoms with van der Waals surface area (Å²) in [6, 6.07) is 13.2. The SMILES string of the molecule is O=C(Nc1ccccc1)N1CCN2C(=O)N(Cc3cccnc3)CC2C1. The summed E-state index contributed by atoms with van der Waals surface area (Å²) in [4.78, 5) is 34.7. The summed E-state index contributed by atoms with van der Waals surface area (Å²) >= 11 is 0. The Bertz CT molecular complexity index is 783. The highest BCUT2D eigenvalue weighted by Gasteiger charge is 2.41. The third-order valence-electron chi connectivity index (χ3n) is 4.84. The lowest BCUT2D eigenvalue weighted by molar-refractivity contribution is 0.135. The number of fused-ring (bicyclic) bond motifs is 1. The first-order valence-electron chi connectivity index (χ1n) is 8.76. The van der Waals surface area contributed by atoms with Crippen molar-refractivity contribution in [3.8, 4) is 0 Å². The number of urea groups is 2. The molecule has 4 rings (SSSR count). The molecule has 0 spiro atoms. The fourth-order valence-electron chi connectivity index (χ4n) is 3.53. The number of carbonyl (C=O) groups is 2. The lowest BCUT2D eigenvalue weighted by Gasteiger charge is -2.36. The van der Waals surface area contributed by atoms with Crippen molar-refractivity contribution in [2.24, 2.45) is 0 Å². The normalized spacial score (nSPS) is 19.5. The summed E-state index contributed by atoms with van der Waals surface area (Å²) in [5.41, 5.74) is 1.79. The highest BCUT2D eigenvalue weighted by Crippen LogP contribution is 2.22. The molecule has 2 aromatic rings. The Hall–Kier alpha value is -3.09. The molecule has 1 atom stereocenters. The lowest BCUT2D eigenvalue weighted by atomic mass is 10.2. The van der Waals surface area contributed by atoms with Crippen LogP contribution in [-0.4, -0.2) is 64.0 Å². The van der Waals surface area contributed by atoms with Gasteiger partial charge in [0.15, 0.2) is 0 Å². The number of anilines is 1. The number of hydrogen-bond acceptors (Lipinski definition) is 3. The molecule has 0 radical (unpaired) electrons. The molecule has 2 aliphatic rings. The minimum absolute atomic E-state index is 0.0365. The third-order valence-corrected chi connectivity index (χ3v) is 4.84. The van der Waals surface area contributed by atoms with Gasteiger partial charge in [-0.1, -0.05) is 24.3 Å². The van der Waals surface area contributed by atoms with Gasteiger partial charge in [0, 0.05) is 50.8 Å². The first kappa shape index (κ1) is 16.4. The monoisotopic (exact) mass is 351 g/mol. The van der Waals surface area contributed by atoms with Crippen LogP contribution in [0.1, 0.15) is 5.56 Å². The molecule has 1 N–H and O–H groups in total. The molecule has 1 unspecified atom stereocenters. The smallest absolute Gasteiger partial charge is 0.321 e. The van der Waals surface area contributed by atoms with Crippen molar-refractivity contribution >= 4 is 17.7 Å². The third kappa shape index (κ3) is 3.33. The molecular formula is C19H21N5O2. The Kier molecular flexibility index (Phi) is 4.43. The van der Waals surface area contributed by atoms with Gasteiger partial charge in [0.05, 0.1) is 6.04 Å². The van der Waals surface area contributed by atoms with Crippen LogP contribution in [0.4, 0.5) is 15.3 Å². The van der Waals surface area contributed by atoms with E-state index in [1.54, 1.807) is 17.3 Å². The summed E-state index contributed by atoms with van der Waals surface area (Å²) in [5.74, 6) is 0. The highest BCUT2D eigenvalue weighted by molar-refractivity contribution is 5.89. The number of para-hydroxylation sites is 1. The van der Waals surface area contributed by atoms with Gasteiger partial charge in [0.1, 0.15) is 0 Å². The van der Waals surface area contributed by atoms with Crippen molar-refractivity contribution in [3.05, 3.63) is 60.4 Å². The van der Waals surface area contributed by atoms with Crippen LogP contribution in [0.15, 0.2) is 54.9 Å². The van der Waals surface area contributed by atoms with Crippen LogP contribution in [0, 0.1) is 0 Å². The average Bonchev–Trinajstić information content (AvgIpc) is 2.98. The Morgan fingerprint density at radius 1 is 1.12 bits per heavy atom. The number of hydrogen-bond donors (Lipinski definition) is 1. The quantitative estimate of drug-likeness (QED) is 0.922. The first-order chi connectivity index (χ1) is 12.7. The molecule has 134 valence electrons. The number of carbonyl (C=O) groups excluding carboxylic acids is 2. The summed E-state index contributed by atoms with van der Waals surface area (Å²) in [6.07, 6.45) is 3.51. The second-order valence-electron chi connectivity index (χ2n) is 6.61. The Labute approximate surface area is 152 Å². The molecule has 7 nitrogen and oxygen atoms in total. The van der Waals surface area contributed by atoms with E-state index in [0.29, 0.717) is 32.7 Å². The standard InChI is InChI=1S/C19H21N5O2/c25-18(21-16-6-2-1-3-7-16)22-9-10-24-17(13-22)14-23(19(24)26)12-15-5-4-8-20-11-15/h1-8,11,17H,9-10,12-14H2,(H,21,25). The summed E-state index contributed by atoms with van der Waals surface area (Å²) < 4.78 is 0. The summed E-state index contributed by atoms with van der Waals surface area (Å²) in [6.45, 7) is 2.84. The fourth-order valence-corrected chi connectivity index (χ4v) is 3.53. The number of nitrogens with zero attached hydrogens (tertiary/aromatic N) is 4. The summed E-state index contributed by atoms with van der Waals surface area (Å²) in [7, 11) is 0. The molecule has 1 aromatic carbocycles. The van der Waals surface area contributed by atoms with Crippen LogP contribution in [-0.2, 0) is 6.54 Å². The van der Waals surface area contributed by atoms with E-state index in [2.05, 4.69) is 10.3 Å². The van der Waals surface area contributed by atoms with Gasteiger partial charge in [-0.05, 0) is 23.8 Å². The predicted molar refractivity (Wildman–Crippen MR) is 97.6 cm³/mol. The topological polar surface area (TPSA) is 68.8 Å². The molecule has 0 bridgehead atoms. The average molecular weight is 351 g/mol. The van der Waals surface area contributed by atoms with Gasteiger partial charge < -0.3 is 20.0 Å². The van der Waals surface area contributed by atoms with Gasteiger partial charge in [0.25, 0.3) is 0 Å². The van der Waals surface area contributed by atoms with Crippen LogP contribution >= 0.6 is 0 Å². The van der Waals surface area contributed by atoms with Gasteiger partial charge in [-0.2, -0.15) is 0 Å². The van der Waals surface area contributed by atoms with Gasteiger partial charge >= 0.3 is 12.1 Å². The number of rotatable bonds is 3. The van der Waals surface area contributed by atoms with E-state index in [9.17, 15) is 9.59 Å². The van der Waals surface area contributed by atoms with Gasteiger partial charge in [-0.15, -0.1) is 0 Å². The summed E-state index contributed by atoms with van der Waals surface area (Å²) in [5, 5.41) is 2.92. The second-order valence-corrected chi connectivity index (χ2v) is 6.61. The Morgan fingerprint density at radius 3 is 2.73 bits per heavy atom. The number of pyridine rings is 1. The maximum Gasteiger partial charge on any atom is 0.321 e. The van der Waals surface area contributed by atoms with Crippen molar-refractivity contribution in [1.29, 1.82) is 0 Å². The Balaban J connectivity index is 1.38. The maximum atomic E-state index is 12.6. The van der Waals surface area contributed by atoms with E-state index in [1.807, 2.05) is 52.3 Å². The molecule has 1 aromatic heterocycles. The number of nitrogens with one attached hydrogen (secondary N) is 1. The number of aromatic nitrogens is 1. The molecule has 0 aliphatic carbocycles. The molecule has 0 saturated carbocycles. The van der Waals surface area contributed by atoms with E-state index in [4.69, 9.17) is 0 Å². The zero-order valence-electron chi connectivity index (χ0n) is 14.4. The van der Waals surface area contributed by atoms with Crippen molar-refractivity contribution < 1.29 is 9.59 Å². The number of piperazine rings is 1. The maximum absolute atomic E-state index is 12.6. The molecule has 4 amide bonds. The largest absolute Gasteiger partial charge is 0.321 e. The van der Waals surface area contributed by atoms with Crippen molar-refractivity contribution in [1.82, 2.24) is 19.7 Å². The number of amides is 4. The zero-order valence-corrected chi connectivity index (χ0v) is 14.4. The van der Waals surface area contributed by atoms with Crippen LogP contribution < -0.4 is 5.32 Å². The van der Waals surface area contributed by atoms with Gasteiger partial charge in [0.2, 0.25) is 0 Å². The van der Waals surface area contributed by atoms with Gasteiger partial charge in [-0.3, -0.25) is 4.98 Å². The van der Waals surface area contributed by atoms with E-state index < -0.39 is 0 Å². The lowest BCUT2D eigenvalue weighted by Crippen LogP contribution is -2.54. The van der Waals surface area contributed by atoms with E-state index >= 15 is 0 Å². The molecule has 3 heterocycles. The van der Waals surface area contributed by atoms with E-state index in [1.165, 1.54) is 0 Å². The fraction of sp³-hybridized carbons (Fsp3) is 0.316. The van der Waals surface area contributed by atoms with Gasteiger partial charge in [-0.25, -0.2) is 9.59 Å². The van der Waals surface area contributed by atoms with Crippen LogP contribution in [0.5, 0.6) is 0 Å². The van der Waals surface area contributed by atoms with E-state index in [0.717, 1.165) is 11.3 Å². The van der Waals surface area contributed by atoms with Crippen LogP contribution in [0.2, 0.25) is 0 Å². The first-order valence-corrected chi connectivity index (χ1v) is 8.76. The van der Waals surface area contributed by atoms with Crippen molar-refractivity contribution in [3.63, 3.8) is 0 Å². The van der Waals surface area contributed by atoms with Crippen molar-refractivity contribution in [2.45, 2.75) is 12.6 Å². The second kappa shape index (κ2) is 7.03. The zero-order chi connectivity index (χ0) is 17.9. The van der Waals surface area contributed by atoms with E-state index in [-0.39, 0.29) is 18.1 Å². The molecule has 2 saturated heterocycles. The molecule has 2 aliphatic heterocycles. The number of benzene rings is 1. The van der Waals surface area contributed by atoms with Crippen molar-refractivity contribution in [2.75, 3.05) is 31.5 Å². The molecule has 2 fully saturated rings. The Morgan fingerprint density at radius 2 is 1.96 bits per heavy atom.